The first kappa shape index (κ1) is 20.5. The Morgan fingerprint density at radius 3 is 2.07 bits per heavy atom. The minimum absolute atomic E-state index is 0.0358. The molecule has 2 N–H and O–H groups in total. The van der Waals surface area contributed by atoms with Crippen LogP contribution in [-0.2, 0) is 11.3 Å². The zero-order valence-corrected chi connectivity index (χ0v) is 15.9. The molecule has 0 heterocycles. The number of rotatable bonds is 7. The Balaban J connectivity index is 1.82. The van der Waals surface area contributed by atoms with Gasteiger partial charge in [-0.3, -0.25) is 19.7 Å². The molecule has 0 aliphatic carbocycles. The SMILES string of the molecule is O=C(NCc1ccccc1)/C(=C/c1ccc([N+](=O)[O-])cc1)NC(=O)c1ccccc1. The van der Waals surface area contributed by atoms with Crippen LogP contribution in [0.4, 0.5) is 5.69 Å². The molecule has 0 aliphatic rings. The predicted molar refractivity (Wildman–Crippen MR) is 113 cm³/mol. The zero-order chi connectivity index (χ0) is 21.3. The molecule has 7 nitrogen and oxygen atoms in total. The number of nitrogens with zero attached hydrogens (tertiary/aromatic N) is 1. The van der Waals surface area contributed by atoms with Gasteiger partial charge in [0, 0.05) is 24.2 Å². The minimum Gasteiger partial charge on any atom is -0.347 e. The van der Waals surface area contributed by atoms with Crippen LogP contribution in [0, 0.1) is 10.1 Å². The number of nitro groups is 1. The number of benzene rings is 3. The molecule has 0 aromatic heterocycles. The number of nitro benzene ring substituents is 1. The lowest BCUT2D eigenvalue weighted by Crippen LogP contribution is -2.34. The van der Waals surface area contributed by atoms with Gasteiger partial charge in [0.05, 0.1) is 4.92 Å². The van der Waals surface area contributed by atoms with Crippen molar-refractivity contribution in [3.63, 3.8) is 0 Å². The van der Waals surface area contributed by atoms with Gasteiger partial charge in [0.15, 0.2) is 0 Å². The van der Waals surface area contributed by atoms with E-state index in [1.807, 2.05) is 30.3 Å². The molecule has 0 saturated carbocycles. The van der Waals surface area contributed by atoms with Crippen LogP contribution in [0.5, 0.6) is 0 Å². The first-order chi connectivity index (χ1) is 14.5. The Bertz CT molecular complexity index is 1060. The maximum Gasteiger partial charge on any atom is 0.269 e. The number of hydrogen-bond acceptors (Lipinski definition) is 4. The van der Waals surface area contributed by atoms with E-state index in [2.05, 4.69) is 10.6 Å². The van der Waals surface area contributed by atoms with Crippen molar-refractivity contribution in [2.75, 3.05) is 0 Å². The second kappa shape index (κ2) is 9.79. The fourth-order valence-corrected chi connectivity index (χ4v) is 2.67. The molecule has 0 aliphatic heterocycles. The van der Waals surface area contributed by atoms with Gasteiger partial charge in [0.25, 0.3) is 17.5 Å². The minimum atomic E-state index is -0.502. The zero-order valence-electron chi connectivity index (χ0n) is 15.9. The van der Waals surface area contributed by atoms with E-state index in [1.54, 1.807) is 30.3 Å². The molecule has 3 aromatic rings. The third-order valence-electron chi connectivity index (χ3n) is 4.24. The standard InChI is InChI=1S/C23H19N3O4/c27-22(19-9-5-2-6-10-19)25-21(15-17-11-13-20(14-12-17)26(29)30)23(28)24-16-18-7-3-1-4-8-18/h1-15H,16H2,(H,24,28)(H,25,27)/b21-15-. The Kier molecular flexibility index (Phi) is 6.68. The molecule has 0 unspecified atom stereocenters. The average Bonchev–Trinajstić information content (AvgIpc) is 2.78. The van der Waals surface area contributed by atoms with Crippen LogP contribution in [0.2, 0.25) is 0 Å². The highest BCUT2D eigenvalue weighted by atomic mass is 16.6. The Morgan fingerprint density at radius 2 is 1.47 bits per heavy atom. The normalized spacial score (nSPS) is 10.9. The van der Waals surface area contributed by atoms with Gasteiger partial charge in [-0.15, -0.1) is 0 Å². The largest absolute Gasteiger partial charge is 0.347 e. The first-order valence-corrected chi connectivity index (χ1v) is 9.17. The quantitative estimate of drug-likeness (QED) is 0.358. The van der Waals surface area contributed by atoms with Crippen molar-refractivity contribution < 1.29 is 14.5 Å². The van der Waals surface area contributed by atoms with E-state index in [-0.39, 0.29) is 11.4 Å². The summed E-state index contributed by atoms with van der Waals surface area (Å²) in [6.45, 7) is 0.290. The number of carbonyl (C=O) groups is 2. The Labute approximate surface area is 173 Å². The lowest BCUT2D eigenvalue weighted by atomic mass is 10.1. The van der Waals surface area contributed by atoms with Crippen LogP contribution < -0.4 is 10.6 Å². The van der Waals surface area contributed by atoms with Crippen molar-refractivity contribution in [1.29, 1.82) is 0 Å². The highest BCUT2D eigenvalue weighted by Gasteiger charge is 2.15. The fourth-order valence-electron chi connectivity index (χ4n) is 2.67. The highest BCUT2D eigenvalue weighted by molar-refractivity contribution is 6.05. The van der Waals surface area contributed by atoms with E-state index >= 15 is 0 Å². The Morgan fingerprint density at radius 1 is 0.867 bits per heavy atom. The van der Waals surface area contributed by atoms with Gasteiger partial charge >= 0.3 is 0 Å². The molecule has 0 atom stereocenters. The van der Waals surface area contributed by atoms with Crippen molar-refractivity contribution in [1.82, 2.24) is 10.6 Å². The number of non-ortho nitro benzene ring substituents is 1. The van der Waals surface area contributed by atoms with E-state index in [1.165, 1.54) is 30.3 Å². The van der Waals surface area contributed by atoms with Gasteiger partial charge in [0.1, 0.15) is 5.70 Å². The molecule has 0 bridgehead atoms. The maximum absolute atomic E-state index is 12.8. The molecular weight excluding hydrogens is 382 g/mol. The van der Waals surface area contributed by atoms with Crippen molar-refractivity contribution in [2.45, 2.75) is 6.54 Å². The van der Waals surface area contributed by atoms with E-state index in [0.29, 0.717) is 17.7 Å². The van der Waals surface area contributed by atoms with Gasteiger partial charge in [0.2, 0.25) is 0 Å². The van der Waals surface area contributed by atoms with E-state index in [4.69, 9.17) is 0 Å². The van der Waals surface area contributed by atoms with Crippen LogP contribution in [0.25, 0.3) is 6.08 Å². The van der Waals surface area contributed by atoms with Crippen LogP contribution in [0.1, 0.15) is 21.5 Å². The molecule has 150 valence electrons. The van der Waals surface area contributed by atoms with Gasteiger partial charge in [-0.1, -0.05) is 48.5 Å². The topological polar surface area (TPSA) is 101 Å². The maximum atomic E-state index is 12.8. The van der Waals surface area contributed by atoms with Crippen LogP contribution in [0.15, 0.2) is 90.6 Å². The van der Waals surface area contributed by atoms with Gasteiger partial charge in [-0.25, -0.2) is 0 Å². The molecule has 30 heavy (non-hydrogen) atoms. The average molecular weight is 401 g/mol. The third-order valence-corrected chi connectivity index (χ3v) is 4.24. The van der Waals surface area contributed by atoms with Crippen molar-refractivity contribution in [3.8, 4) is 0 Å². The van der Waals surface area contributed by atoms with Crippen LogP contribution in [0.3, 0.4) is 0 Å². The molecule has 2 amide bonds. The van der Waals surface area contributed by atoms with Crippen LogP contribution >= 0.6 is 0 Å². The molecule has 0 saturated heterocycles. The van der Waals surface area contributed by atoms with Crippen molar-refractivity contribution in [3.05, 3.63) is 117 Å². The van der Waals surface area contributed by atoms with E-state index in [0.717, 1.165) is 5.56 Å². The molecule has 0 radical (unpaired) electrons. The number of hydrogen-bond donors (Lipinski definition) is 2. The molecule has 0 fully saturated rings. The summed E-state index contributed by atoms with van der Waals surface area (Å²) in [7, 11) is 0. The monoisotopic (exact) mass is 401 g/mol. The van der Waals surface area contributed by atoms with Crippen LogP contribution in [-0.4, -0.2) is 16.7 Å². The third kappa shape index (κ3) is 5.62. The number of nitrogens with one attached hydrogen (secondary N) is 2. The van der Waals surface area contributed by atoms with Gasteiger partial charge in [-0.05, 0) is 41.5 Å². The molecule has 3 rings (SSSR count). The molecule has 0 spiro atoms. The van der Waals surface area contributed by atoms with E-state index < -0.39 is 16.7 Å². The number of carbonyl (C=O) groups excluding carboxylic acids is 2. The fraction of sp³-hybridized carbons (Fsp3) is 0.0435. The lowest BCUT2D eigenvalue weighted by molar-refractivity contribution is -0.384. The van der Waals surface area contributed by atoms with Crippen molar-refractivity contribution >= 4 is 23.6 Å². The van der Waals surface area contributed by atoms with Crippen molar-refractivity contribution in [2.24, 2.45) is 0 Å². The molecule has 3 aromatic carbocycles. The lowest BCUT2D eigenvalue weighted by Gasteiger charge is -2.11. The number of amides is 2. The summed E-state index contributed by atoms with van der Waals surface area (Å²) in [6.07, 6.45) is 1.48. The summed E-state index contributed by atoms with van der Waals surface area (Å²) in [5.74, 6) is -0.903. The second-order valence-electron chi connectivity index (χ2n) is 6.40. The summed E-state index contributed by atoms with van der Waals surface area (Å²) < 4.78 is 0. The molecular formula is C23H19N3O4. The summed E-state index contributed by atoms with van der Waals surface area (Å²) in [6, 6.07) is 23.6. The second-order valence-corrected chi connectivity index (χ2v) is 6.40. The summed E-state index contributed by atoms with van der Waals surface area (Å²) in [5, 5.41) is 16.2. The summed E-state index contributed by atoms with van der Waals surface area (Å²) in [4.78, 5) is 35.6. The van der Waals surface area contributed by atoms with Gasteiger partial charge in [-0.2, -0.15) is 0 Å². The van der Waals surface area contributed by atoms with Gasteiger partial charge < -0.3 is 10.6 Å². The Hall–Kier alpha value is -4.26. The first-order valence-electron chi connectivity index (χ1n) is 9.17. The highest BCUT2D eigenvalue weighted by Crippen LogP contribution is 2.14. The summed E-state index contributed by atoms with van der Waals surface area (Å²) >= 11 is 0. The smallest absolute Gasteiger partial charge is 0.269 e. The molecule has 7 heteroatoms. The predicted octanol–water partition coefficient (Wildman–Crippen LogP) is 3.68. The summed E-state index contributed by atoms with van der Waals surface area (Å²) in [5.41, 5.74) is 1.83. The van der Waals surface area contributed by atoms with E-state index in [9.17, 15) is 19.7 Å².